The van der Waals surface area contributed by atoms with E-state index in [9.17, 15) is 9.90 Å². The lowest BCUT2D eigenvalue weighted by atomic mass is 10.1. The zero-order valence-electron chi connectivity index (χ0n) is 11.5. The van der Waals surface area contributed by atoms with Crippen LogP contribution in [0.3, 0.4) is 0 Å². The smallest absolute Gasteiger partial charge is 0.220 e. The van der Waals surface area contributed by atoms with Crippen molar-refractivity contribution in [1.29, 1.82) is 0 Å². The van der Waals surface area contributed by atoms with Gasteiger partial charge in [-0.2, -0.15) is 0 Å². The molecule has 1 aromatic carbocycles. The van der Waals surface area contributed by atoms with E-state index < -0.39 is 6.10 Å². The monoisotopic (exact) mass is 278 g/mol. The molecule has 1 aliphatic rings. The summed E-state index contributed by atoms with van der Waals surface area (Å²) in [4.78, 5) is 11.3. The van der Waals surface area contributed by atoms with Gasteiger partial charge in [0.15, 0.2) is 0 Å². The maximum Gasteiger partial charge on any atom is 0.220 e. The molecule has 5 nitrogen and oxygen atoms in total. The summed E-state index contributed by atoms with van der Waals surface area (Å²) in [5.74, 6) is 0.801. The number of nitrogens with two attached hydrogens (primary N) is 1. The van der Waals surface area contributed by atoms with Gasteiger partial charge >= 0.3 is 0 Å². The van der Waals surface area contributed by atoms with Crippen LogP contribution in [-0.4, -0.2) is 30.2 Å². The number of piperidine rings is 1. The second-order valence-corrected chi connectivity index (χ2v) is 5.13. The largest absolute Gasteiger partial charge is 0.491 e. The third-order valence-corrected chi connectivity index (χ3v) is 3.46. The fourth-order valence-corrected chi connectivity index (χ4v) is 2.34. The third-order valence-electron chi connectivity index (χ3n) is 3.46. The highest BCUT2D eigenvalue weighted by atomic mass is 16.5. The summed E-state index contributed by atoms with van der Waals surface area (Å²) in [6.45, 7) is 0.905. The average molecular weight is 278 g/mol. The van der Waals surface area contributed by atoms with Crippen LogP contribution in [0.2, 0.25) is 0 Å². The van der Waals surface area contributed by atoms with E-state index in [4.69, 9.17) is 10.5 Å². The summed E-state index contributed by atoms with van der Waals surface area (Å²) in [6.07, 6.45) is 2.44. The number of aliphatic hydroxyl groups is 1. The maximum absolute atomic E-state index is 11.3. The second-order valence-electron chi connectivity index (χ2n) is 5.13. The van der Waals surface area contributed by atoms with Crippen molar-refractivity contribution in [2.75, 3.05) is 13.2 Å². The molecule has 5 heteroatoms. The Bertz CT molecular complexity index is 450. The van der Waals surface area contributed by atoms with Gasteiger partial charge in [-0.15, -0.1) is 0 Å². The molecule has 1 heterocycles. The van der Waals surface area contributed by atoms with E-state index in [0.29, 0.717) is 31.7 Å². The first-order valence-electron chi connectivity index (χ1n) is 7.09. The Kier molecular flexibility index (Phi) is 5.38. The predicted molar refractivity (Wildman–Crippen MR) is 76.3 cm³/mol. The van der Waals surface area contributed by atoms with Crippen LogP contribution < -0.4 is 15.8 Å². The molecule has 1 aromatic rings. The molecule has 110 valence electrons. The number of nitrogens with one attached hydrogen (secondary N) is 1. The Morgan fingerprint density at radius 1 is 1.50 bits per heavy atom. The molecule has 1 amide bonds. The van der Waals surface area contributed by atoms with Crippen molar-refractivity contribution in [1.82, 2.24) is 5.32 Å². The standard InChI is InChI=1S/C15H22N2O3/c16-8-7-14(18)11-3-1-5-13(9-11)20-10-12-4-2-6-15(19)17-12/h1,3,5,9,12,14,18H,2,4,6-8,10,16H2,(H,17,19). The Morgan fingerprint density at radius 3 is 3.10 bits per heavy atom. The molecule has 0 aromatic heterocycles. The predicted octanol–water partition coefficient (Wildman–Crippen LogP) is 1.12. The highest BCUT2D eigenvalue weighted by Crippen LogP contribution is 2.21. The van der Waals surface area contributed by atoms with Gasteiger partial charge in [0.1, 0.15) is 12.4 Å². The van der Waals surface area contributed by atoms with Gasteiger partial charge in [-0.25, -0.2) is 0 Å². The van der Waals surface area contributed by atoms with Crippen LogP contribution in [0.1, 0.15) is 37.4 Å². The molecule has 0 saturated carbocycles. The van der Waals surface area contributed by atoms with Crippen LogP contribution in [0, 0.1) is 0 Å². The van der Waals surface area contributed by atoms with Gasteiger partial charge in [-0.3, -0.25) is 4.79 Å². The van der Waals surface area contributed by atoms with Gasteiger partial charge in [0.2, 0.25) is 5.91 Å². The second kappa shape index (κ2) is 7.26. The van der Waals surface area contributed by atoms with Gasteiger partial charge in [0, 0.05) is 6.42 Å². The molecule has 2 atom stereocenters. The SMILES string of the molecule is NCCC(O)c1cccc(OCC2CCCC(=O)N2)c1. The average Bonchev–Trinajstić information content (AvgIpc) is 2.46. The van der Waals surface area contributed by atoms with E-state index in [0.717, 1.165) is 18.4 Å². The zero-order valence-corrected chi connectivity index (χ0v) is 11.5. The Hall–Kier alpha value is -1.59. The number of carbonyl (C=O) groups excluding carboxylic acids is 1. The lowest BCUT2D eigenvalue weighted by Crippen LogP contribution is -2.42. The highest BCUT2D eigenvalue weighted by molar-refractivity contribution is 5.76. The van der Waals surface area contributed by atoms with Gasteiger partial charge in [-0.1, -0.05) is 12.1 Å². The number of amides is 1. The van der Waals surface area contributed by atoms with Gasteiger partial charge < -0.3 is 20.9 Å². The summed E-state index contributed by atoms with van der Waals surface area (Å²) >= 11 is 0. The van der Waals surface area contributed by atoms with Gasteiger partial charge in [0.05, 0.1) is 12.1 Å². The van der Waals surface area contributed by atoms with Crippen LogP contribution >= 0.6 is 0 Å². The molecule has 20 heavy (non-hydrogen) atoms. The van der Waals surface area contributed by atoms with Crippen molar-refractivity contribution in [3.8, 4) is 5.75 Å². The molecule has 0 aliphatic carbocycles. The van der Waals surface area contributed by atoms with Crippen molar-refractivity contribution in [2.45, 2.75) is 37.8 Å². The Balaban J connectivity index is 1.89. The van der Waals surface area contributed by atoms with E-state index >= 15 is 0 Å². The minimum absolute atomic E-state index is 0.0777. The molecular formula is C15H22N2O3. The molecule has 2 rings (SSSR count). The molecular weight excluding hydrogens is 256 g/mol. The quantitative estimate of drug-likeness (QED) is 0.728. The fourth-order valence-electron chi connectivity index (χ4n) is 2.34. The molecule has 0 radical (unpaired) electrons. The van der Waals surface area contributed by atoms with Crippen molar-refractivity contribution in [2.24, 2.45) is 5.73 Å². The zero-order chi connectivity index (χ0) is 14.4. The summed E-state index contributed by atoms with van der Waals surface area (Å²) in [6, 6.07) is 7.46. The van der Waals surface area contributed by atoms with Gasteiger partial charge in [0.25, 0.3) is 0 Å². The summed E-state index contributed by atoms with van der Waals surface area (Å²) in [5, 5.41) is 12.8. The highest BCUT2D eigenvalue weighted by Gasteiger charge is 2.18. The minimum Gasteiger partial charge on any atom is -0.491 e. The van der Waals surface area contributed by atoms with Crippen LogP contribution in [0.25, 0.3) is 0 Å². The molecule has 2 unspecified atom stereocenters. The molecule has 4 N–H and O–H groups in total. The topological polar surface area (TPSA) is 84.6 Å². The van der Waals surface area contributed by atoms with Crippen molar-refractivity contribution in [3.63, 3.8) is 0 Å². The van der Waals surface area contributed by atoms with Gasteiger partial charge in [-0.05, 0) is 43.5 Å². The Morgan fingerprint density at radius 2 is 2.35 bits per heavy atom. The first-order chi connectivity index (χ1) is 9.69. The first kappa shape index (κ1) is 14.8. The first-order valence-corrected chi connectivity index (χ1v) is 7.09. The molecule has 0 spiro atoms. The van der Waals surface area contributed by atoms with E-state index in [1.807, 2.05) is 24.3 Å². The number of aliphatic hydroxyl groups excluding tert-OH is 1. The minimum atomic E-state index is -0.557. The normalized spacial score (nSPS) is 20.3. The summed E-state index contributed by atoms with van der Waals surface area (Å²) in [7, 11) is 0. The lowest BCUT2D eigenvalue weighted by Gasteiger charge is -2.23. The van der Waals surface area contributed by atoms with E-state index in [1.54, 1.807) is 0 Å². The van der Waals surface area contributed by atoms with Crippen molar-refractivity contribution in [3.05, 3.63) is 29.8 Å². The molecule has 1 aliphatic heterocycles. The third kappa shape index (κ3) is 4.21. The maximum atomic E-state index is 11.3. The number of benzene rings is 1. The van der Waals surface area contributed by atoms with Crippen LogP contribution in [0.15, 0.2) is 24.3 Å². The molecule has 0 bridgehead atoms. The van der Waals surface area contributed by atoms with Crippen molar-refractivity contribution >= 4 is 5.91 Å². The number of rotatable bonds is 6. The van der Waals surface area contributed by atoms with Crippen molar-refractivity contribution < 1.29 is 14.6 Å². The van der Waals surface area contributed by atoms with E-state index in [1.165, 1.54) is 0 Å². The summed E-state index contributed by atoms with van der Waals surface area (Å²) in [5.41, 5.74) is 6.25. The molecule has 1 saturated heterocycles. The summed E-state index contributed by atoms with van der Waals surface area (Å²) < 4.78 is 5.71. The number of ether oxygens (including phenoxy) is 1. The van der Waals surface area contributed by atoms with Crippen LogP contribution in [-0.2, 0) is 4.79 Å². The van der Waals surface area contributed by atoms with Crippen LogP contribution in [0.5, 0.6) is 5.75 Å². The number of hydrogen-bond acceptors (Lipinski definition) is 4. The van der Waals surface area contributed by atoms with E-state index in [2.05, 4.69) is 5.32 Å². The Labute approximate surface area is 119 Å². The van der Waals surface area contributed by atoms with E-state index in [-0.39, 0.29) is 11.9 Å². The molecule has 1 fully saturated rings. The fraction of sp³-hybridized carbons (Fsp3) is 0.533. The lowest BCUT2D eigenvalue weighted by molar-refractivity contribution is -0.123. The van der Waals surface area contributed by atoms with Crippen LogP contribution in [0.4, 0.5) is 0 Å². The number of carbonyl (C=O) groups is 1. The number of hydrogen-bond donors (Lipinski definition) is 3.